The average Bonchev–Trinajstić information content (AvgIpc) is 2.39. The van der Waals surface area contributed by atoms with Gasteiger partial charge in [0.25, 0.3) is 0 Å². The van der Waals surface area contributed by atoms with Gasteiger partial charge in [0.2, 0.25) is 5.91 Å². The number of nitrogens with two attached hydrogens (primary N) is 1. The van der Waals surface area contributed by atoms with E-state index in [0.29, 0.717) is 19.4 Å². The first-order valence-electron chi connectivity index (χ1n) is 6.46. The highest BCUT2D eigenvalue weighted by Gasteiger charge is 2.28. The third-order valence-electron chi connectivity index (χ3n) is 3.37. The van der Waals surface area contributed by atoms with E-state index in [4.69, 9.17) is 5.73 Å². The third kappa shape index (κ3) is 3.09. The minimum absolute atomic E-state index is 0.147. The van der Waals surface area contributed by atoms with Crippen LogP contribution >= 0.6 is 0 Å². The predicted octanol–water partition coefficient (Wildman–Crippen LogP) is 0.887. The van der Waals surface area contributed by atoms with Crippen molar-refractivity contribution in [3.8, 4) is 0 Å². The molecule has 1 aromatic rings. The number of rotatable bonds is 3. The van der Waals surface area contributed by atoms with Crippen molar-refractivity contribution < 1.29 is 9.90 Å². The highest BCUT2D eigenvalue weighted by molar-refractivity contribution is 5.82. The van der Waals surface area contributed by atoms with Crippen LogP contribution in [0.3, 0.4) is 0 Å². The van der Waals surface area contributed by atoms with E-state index >= 15 is 0 Å². The molecular weight excluding hydrogens is 228 g/mol. The Kier molecular flexibility index (Phi) is 4.33. The number of hydrogen-bond acceptors (Lipinski definition) is 3. The molecule has 2 atom stereocenters. The summed E-state index contributed by atoms with van der Waals surface area (Å²) >= 11 is 0. The van der Waals surface area contributed by atoms with Crippen molar-refractivity contribution >= 4 is 5.91 Å². The Labute approximate surface area is 107 Å². The van der Waals surface area contributed by atoms with Crippen LogP contribution in [0.5, 0.6) is 0 Å². The van der Waals surface area contributed by atoms with Crippen LogP contribution in [0.25, 0.3) is 0 Å². The van der Waals surface area contributed by atoms with Crippen molar-refractivity contribution in [2.45, 2.75) is 38.0 Å². The monoisotopic (exact) mass is 248 g/mol. The first-order valence-corrected chi connectivity index (χ1v) is 6.46. The highest BCUT2D eigenvalue weighted by atomic mass is 16.3. The minimum atomic E-state index is -0.659. The zero-order valence-electron chi connectivity index (χ0n) is 10.5. The summed E-state index contributed by atoms with van der Waals surface area (Å²) in [6.07, 6.45) is 2.43. The van der Waals surface area contributed by atoms with Crippen LogP contribution in [-0.2, 0) is 11.2 Å². The number of carbonyl (C=O) groups excluding carboxylic acids is 1. The Morgan fingerprint density at radius 2 is 2.11 bits per heavy atom. The van der Waals surface area contributed by atoms with Crippen LogP contribution in [-0.4, -0.2) is 34.7 Å². The lowest BCUT2D eigenvalue weighted by atomic mass is 10.0. The fourth-order valence-corrected chi connectivity index (χ4v) is 2.34. The molecule has 0 aromatic heterocycles. The van der Waals surface area contributed by atoms with Gasteiger partial charge >= 0.3 is 0 Å². The first kappa shape index (κ1) is 13.1. The van der Waals surface area contributed by atoms with Crippen LogP contribution in [0.1, 0.15) is 24.8 Å². The minimum Gasteiger partial charge on any atom is -0.374 e. The molecule has 0 spiro atoms. The molecule has 1 aliphatic heterocycles. The van der Waals surface area contributed by atoms with Gasteiger partial charge in [0, 0.05) is 6.54 Å². The Balaban J connectivity index is 1.96. The van der Waals surface area contributed by atoms with E-state index in [1.165, 1.54) is 4.90 Å². The number of amides is 1. The molecule has 98 valence electrons. The Morgan fingerprint density at radius 3 is 2.78 bits per heavy atom. The number of nitrogens with zero attached hydrogens (tertiary/aromatic N) is 1. The zero-order valence-corrected chi connectivity index (χ0v) is 10.5. The molecular formula is C14H20N2O2. The molecule has 0 saturated carbocycles. The number of aliphatic hydroxyl groups excluding tert-OH is 1. The Hall–Kier alpha value is -1.39. The Morgan fingerprint density at radius 1 is 1.39 bits per heavy atom. The quantitative estimate of drug-likeness (QED) is 0.834. The molecule has 2 unspecified atom stereocenters. The molecule has 1 amide bonds. The maximum Gasteiger partial charge on any atom is 0.241 e. The molecule has 1 saturated heterocycles. The van der Waals surface area contributed by atoms with E-state index in [9.17, 15) is 9.90 Å². The fourth-order valence-electron chi connectivity index (χ4n) is 2.34. The van der Waals surface area contributed by atoms with Crippen LogP contribution in [0, 0.1) is 0 Å². The molecule has 18 heavy (non-hydrogen) atoms. The summed E-state index contributed by atoms with van der Waals surface area (Å²) in [5.74, 6) is -0.147. The van der Waals surface area contributed by atoms with E-state index in [1.807, 2.05) is 30.3 Å². The second-order valence-electron chi connectivity index (χ2n) is 4.80. The summed E-state index contributed by atoms with van der Waals surface area (Å²) in [6.45, 7) is 0.614. The molecule has 2 rings (SSSR count). The van der Waals surface area contributed by atoms with Gasteiger partial charge in [-0.3, -0.25) is 4.79 Å². The SMILES string of the molecule is NC(Cc1ccccc1)C(=O)N1CCCCC1O. The molecule has 0 aliphatic carbocycles. The molecule has 3 N–H and O–H groups in total. The van der Waals surface area contributed by atoms with Gasteiger partial charge in [0.15, 0.2) is 0 Å². The van der Waals surface area contributed by atoms with Crippen molar-refractivity contribution in [1.82, 2.24) is 4.90 Å². The van der Waals surface area contributed by atoms with Gasteiger partial charge in [0.05, 0.1) is 6.04 Å². The Bertz CT molecular complexity index is 394. The van der Waals surface area contributed by atoms with Gasteiger partial charge in [-0.1, -0.05) is 30.3 Å². The summed E-state index contributed by atoms with van der Waals surface area (Å²) in [7, 11) is 0. The van der Waals surface area contributed by atoms with Gasteiger partial charge in [-0.2, -0.15) is 0 Å². The van der Waals surface area contributed by atoms with Crippen LogP contribution in [0.15, 0.2) is 30.3 Å². The third-order valence-corrected chi connectivity index (χ3v) is 3.37. The lowest BCUT2D eigenvalue weighted by molar-refractivity contribution is -0.145. The van der Waals surface area contributed by atoms with Crippen LogP contribution in [0.2, 0.25) is 0 Å². The van der Waals surface area contributed by atoms with E-state index in [-0.39, 0.29) is 5.91 Å². The first-order chi connectivity index (χ1) is 8.68. The van der Waals surface area contributed by atoms with Crippen molar-refractivity contribution in [1.29, 1.82) is 0 Å². The normalized spacial score (nSPS) is 21.7. The van der Waals surface area contributed by atoms with Gasteiger partial charge in [0.1, 0.15) is 6.23 Å². The smallest absolute Gasteiger partial charge is 0.241 e. The maximum absolute atomic E-state index is 12.2. The topological polar surface area (TPSA) is 66.6 Å². The summed E-state index contributed by atoms with van der Waals surface area (Å²) < 4.78 is 0. The van der Waals surface area contributed by atoms with E-state index < -0.39 is 12.3 Å². The van der Waals surface area contributed by atoms with Gasteiger partial charge in [-0.05, 0) is 31.2 Å². The number of aliphatic hydroxyl groups is 1. The lowest BCUT2D eigenvalue weighted by Gasteiger charge is -2.33. The standard InChI is InChI=1S/C14H20N2O2/c15-12(10-11-6-2-1-3-7-11)14(18)16-9-5-4-8-13(16)17/h1-3,6-7,12-13,17H,4-5,8-10,15H2. The van der Waals surface area contributed by atoms with Crippen molar-refractivity contribution in [2.24, 2.45) is 5.73 Å². The van der Waals surface area contributed by atoms with Crippen LogP contribution in [0.4, 0.5) is 0 Å². The zero-order chi connectivity index (χ0) is 13.0. The van der Waals surface area contributed by atoms with Gasteiger partial charge in [-0.25, -0.2) is 0 Å². The maximum atomic E-state index is 12.2. The number of benzene rings is 1. The molecule has 1 aliphatic rings. The molecule has 1 heterocycles. The highest BCUT2D eigenvalue weighted by Crippen LogP contribution is 2.16. The largest absolute Gasteiger partial charge is 0.374 e. The van der Waals surface area contributed by atoms with Crippen molar-refractivity contribution in [2.75, 3.05) is 6.54 Å². The summed E-state index contributed by atoms with van der Waals surface area (Å²) in [4.78, 5) is 13.7. The molecule has 4 heteroatoms. The number of likely N-dealkylation sites (tertiary alicyclic amines) is 1. The van der Waals surface area contributed by atoms with Crippen molar-refractivity contribution in [3.63, 3.8) is 0 Å². The predicted molar refractivity (Wildman–Crippen MR) is 69.7 cm³/mol. The lowest BCUT2D eigenvalue weighted by Crippen LogP contribution is -2.51. The summed E-state index contributed by atoms with van der Waals surface area (Å²) in [5.41, 5.74) is 6.99. The fraction of sp³-hybridized carbons (Fsp3) is 0.500. The summed E-state index contributed by atoms with van der Waals surface area (Å²) in [5, 5.41) is 9.80. The number of piperidine rings is 1. The second-order valence-corrected chi connectivity index (χ2v) is 4.80. The average molecular weight is 248 g/mol. The van der Waals surface area contributed by atoms with Gasteiger partial charge < -0.3 is 15.7 Å². The molecule has 1 fully saturated rings. The molecule has 1 aromatic carbocycles. The molecule has 4 nitrogen and oxygen atoms in total. The molecule has 0 bridgehead atoms. The van der Waals surface area contributed by atoms with Gasteiger partial charge in [-0.15, -0.1) is 0 Å². The number of hydrogen-bond donors (Lipinski definition) is 2. The van der Waals surface area contributed by atoms with E-state index in [2.05, 4.69) is 0 Å². The van der Waals surface area contributed by atoms with E-state index in [1.54, 1.807) is 0 Å². The second kappa shape index (κ2) is 5.98. The summed E-state index contributed by atoms with van der Waals surface area (Å²) in [6, 6.07) is 9.15. The van der Waals surface area contributed by atoms with Crippen LogP contribution < -0.4 is 5.73 Å². The number of carbonyl (C=O) groups is 1. The van der Waals surface area contributed by atoms with E-state index in [0.717, 1.165) is 18.4 Å². The molecule has 0 radical (unpaired) electrons. The van der Waals surface area contributed by atoms with Crippen molar-refractivity contribution in [3.05, 3.63) is 35.9 Å².